The Kier molecular flexibility index (Phi) is 5.95. The molecule has 11 heteroatoms. The number of carbonyl (C=O) groups is 2. The molecule has 0 unspecified atom stereocenters. The van der Waals surface area contributed by atoms with E-state index in [1.807, 2.05) is 44.6 Å². The minimum Gasteiger partial charge on any atom is -0.443 e. The summed E-state index contributed by atoms with van der Waals surface area (Å²) in [5.74, 6) is 1.54. The summed E-state index contributed by atoms with van der Waals surface area (Å²) in [6, 6.07) is 7.38. The van der Waals surface area contributed by atoms with E-state index in [-0.39, 0.29) is 25.1 Å². The number of pyridine rings is 2. The Bertz CT molecular complexity index is 1200. The molecule has 0 aromatic carbocycles. The second-order valence-corrected chi connectivity index (χ2v) is 8.10. The summed E-state index contributed by atoms with van der Waals surface area (Å²) in [7, 11) is 5.16. The molecule has 172 valence electrons. The van der Waals surface area contributed by atoms with Gasteiger partial charge in [0.2, 0.25) is 0 Å². The fourth-order valence-electron chi connectivity index (χ4n) is 3.59. The number of aromatic nitrogens is 5. The molecule has 11 nitrogen and oxygen atoms in total. The SMILES string of the molecule is CNC(=O)OCc1nc(N(C)C)cc2c1CN(c1cccc(-c3nncn3C(C)C)n1)C2=O. The largest absolute Gasteiger partial charge is 0.443 e. The third-order valence-corrected chi connectivity index (χ3v) is 5.36. The van der Waals surface area contributed by atoms with Crippen LogP contribution >= 0.6 is 0 Å². The highest BCUT2D eigenvalue weighted by atomic mass is 16.5. The number of amides is 2. The van der Waals surface area contributed by atoms with E-state index >= 15 is 0 Å². The van der Waals surface area contributed by atoms with Crippen molar-refractivity contribution in [3.63, 3.8) is 0 Å². The minimum atomic E-state index is -0.564. The Labute approximate surface area is 191 Å². The zero-order valence-corrected chi connectivity index (χ0v) is 19.2. The maximum Gasteiger partial charge on any atom is 0.407 e. The van der Waals surface area contributed by atoms with Crippen LogP contribution in [0.1, 0.15) is 41.5 Å². The lowest BCUT2D eigenvalue weighted by Crippen LogP contribution is -2.24. The van der Waals surface area contributed by atoms with Crippen molar-refractivity contribution in [2.75, 3.05) is 30.9 Å². The predicted molar refractivity (Wildman–Crippen MR) is 122 cm³/mol. The second kappa shape index (κ2) is 8.85. The van der Waals surface area contributed by atoms with Gasteiger partial charge in [-0.3, -0.25) is 9.69 Å². The standard InChI is InChI=1S/C22H26N8O3/c1-13(2)30-12-24-27-20(30)16-7-6-8-18(25-16)29-10-15-14(21(29)31)9-19(28(4)5)26-17(15)11-33-22(32)23-3/h6-9,12-13H,10-11H2,1-5H3,(H,23,32). The number of rotatable bonds is 6. The maximum atomic E-state index is 13.4. The molecule has 0 fully saturated rings. The smallest absolute Gasteiger partial charge is 0.407 e. The number of hydrogen-bond acceptors (Lipinski definition) is 8. The lowest BCUT2D eigenvalue weighted by atomic mass is 10.1. The molecule has 2 amide bonds. The second-order valence-electron chi connectivity index (χ2n) is 8.10. The predicted octanol–water partition coefficient (Wildman–Crippen LogP) is 2.40. The van der Waals surface area contributed by atoms with Gasteiger partial charge in [0.15, 0.2) is 5.82 Å². The third-order valence-electron chi connectivity index (χ3n) is 5.36. The molecule has 4 rings (SSSR count). The molecule has 1 aliphatic rings. The van der Waals surface area contributed by atoms with Crippen LogP contribution in [-0.2, 0) is 17.9 Å². The lowest BCUT2D eigenvalue weighted by Gasteiger charge is -2.16. The lowest BCUT2D eigenvalue weighted by molar-refractivity contribution is 0.0996. The van der Waals surface area contributed by atoms with Crippen molar-refractivity contribution in [3.8, 4) is 11.5 Å². The number of anilines is 2. The minimum absolute atomic E-state index is 0.0459. The molecule has 1 N–H and O–H groups in total. The van der Waals surface area contributed by atoms with Crippen LogP contribution in [0.25, 0.3) is 11.5 Å². The molecule has 3 aromatic heterocycles. The van der Waals surface area contributed by atoms with Crippen LogP contribution in [-0.4, -0.2) is 57.9 Å². The molecular weight excluding hydrogens is 424 g/mol. The zero-order chi connectivity index (χ0) is 23.7. The molecule has 0 saturated heterocycles. The first-order valence-electron chi connectivity index (χ1n) is 10.5. The molecule has 33 heavy (non-hydrogen) atoms. The maximum absolute atomic E-state index is 13.4. The van der Waals surface area contributed by atoms with Crippen LogP contribution in [0.15, 0.2) is 30.6 Å². The number of hydrogen-bond donors (Lipinski definition) is 1. The molecule has 0 spiro atoms. The van der Waals surface area contributed by atoms with E-state index < -0.39 is 6.09 Å². The van der Waals surface area contributed by atoms with Crippen molar-refractivity contribution < 1.29 is 14.3 Å². The van der Waals surface area contributed by atoms with Gasteiger partial charge in [0.05, 0.1) is 17.8 Å². The van der Waals surface area contributed by atoms with Gasteiger partial charge in [-0.1, -0.05) is 6.07 Å². The van der Waals surface area contributed by atoms with E-state index in [9.17, 15) is 9.59 Å². The van der Waals surface area contributed by atoms with E-state index in [2.05, 4.69) is 20.5 Å². The molecule has 0 atom stereocenters. The number of nitrogens with one attached hydrogen (secondary N) is 1. The van der Waals surface area contributed by atoms with E-state index in [4.69, 9.17) is 9.72 Å². The van der Waals surface area contributed by atoms with Crippen molar-refractivity contribution in [3.05, 3.63) is 47.4 Å². The van der Waals surface area contributed by atoms with Gasteiger partial charge in [-0.05, 0) is 32.0 Å². The first-order chi connectivity index (χ1) is 15.8. The van der Waals surface area contributed by atoms with Crippen LogP contribution < -0.4 is 15.1 Å². The van der Waals surface area contributed by atoms with Gasteiger partial charge in [0.1, 0.15) is 30.3 Å². The summed E-state index contributed by atoms with van der Waals surface area (Å²) < 4.78 is 7.15. The monoisotopic (exact) mass is 450 g/mol. The Morgan fingerprint density at radius 2 is 2.06 bits per heavy atom. The zero-order valence-electron chi connectivity index (χ0n) is 19.2. The molecule has 4 heterocycles. The Hall–Kier alpha value is -4.02. The Morgan fingerprint density at radius 1 is 1.27 bits per heavy atom. The van der Waals surface area contributed by atoms with Gasteiger partial charge in [-0.25, -0.2) is 14.8 Å². The van der Waals surface area contributed by atoms with Crippen molar-refractivity contribution in [1.29, 1.82) is 0 Å². The van der Waals surface area contributed by atoms with E-state index in [0.717, 1.165) is 0 Å². The summed E-state index contributed by atoms with van der Waals surface area (Å²) in [6.07, 6.45) is 1.10. The van der Waals surface area contributed by atoms with E-state index in [1.165, 1.54) is 7.05 Å². The first-order valence-corrected chi connectivity index (χ1v) is 10.5. The fraction of sp³-hybridized carbons (Fsp3) is 0.364. The van der Waals surface area contributed by atoms with Crippen LogP contribution in [0, 0.1) is 0 Å². The summed E-state index contributed by atoms with van der Waals surface area (Å²) >= 11 is 0. The van der Waals surface area contributed by atoms with Gasteiger partial charge in [-0.15, -0.1) is 10.2 Å². The molecule has 0 bridgehead atoms. The van der Waals surface area contributed by atoms with Crippen LogP contribution in [0.4, 0.5) is 16.4 Å². The number of carbonyl (C=O) groups excluding carboxylic acids is 2. The van der Waals surface area contributed by atoms with Gasteiger partial charge in [0.25, 0.3) is 5.91 Å². The molecule has 0 radical (unpaired) electrons. The molecular formula is C22H26N8O3. The normalized spacial score (nSPS) is 12.8. The van der Waals surface area contributed by atoms with Crippen molar-refractivity contribution in [1.82, 2.24) is 30.0 Å². The molecule has 0 saturated carbocycles. The Morgan fingerprint density at radius 3 is 2.76 bits per heavy atom. The first kappa shape index (κ1) is 22.2. The van der Waals surface area contributed by atoms with Gasteiger partial charge >= 0.3 is 6.09 Å². The van der Waals surface area contributed by atoms with Crippen molar-refractivity contribution >= 4 is 23.6 Å². The molecule has 1 aliphatic heterocycles. The van der Waals surface area contributed by atoms with Crippen LogP contribution in [0.5, 0.6) is 0 Å². The quantitative estimate of drug-likeness (QED) is 0.608. The highest BCUT2D eigenvalue weighted by molar-refractivity contribution is 6.10. The summed E-state index contributed by atoms with van der Waals surface area (Å²) in [5, 5.41) is 10.6. The van der Waals surface area contributed by atoms with Crippen LogP contribution in [0.2, 0.25) is 0 Å². The fourth-order valence-corrected chi connectivity index (χ4v) is 3.59. The molecule has 0 aliphatic carbocycles. The van der Waals surface area contributed by atoms with Gasteiger partial charge in [-0.2, -0.15) is 0 Å². The number of ether oxygens (including phenoxy) is 1. The van der Waals surface area contributed by atoms with Crippen LogP contribution in [0.3, 0.4) is 0 Å². The van der Waals surface area contributed by atoms with Gasteiger partial charge < -0.3 is 19.5 Å². The summed E-state index contributed by atoms with van der Waals surface area (Å²) in [4.78, 5) is 37.7. The van der Waals surface area contributed by atoms with Gasteiger partial charge in [0, 0.05) is 32.7 Å². The average molecular weight is 451 g/mol. The number of alkyl carbamates (subject to hydrolysis) is 1. The average Bonchev–Trinajstić information content (AvgIpc) is 3.43. The Balaban J connectivity index is 1.70. The topological polar surface area (TPSA) is 118 Å². The number of nitrogens with zero attached hydrogens (tertiary/aromatic N) is 7. The number of fused-ring (bicyclic) bond motifs is 1. The summed E-state index contributed by atoms with van der Waals surface area (Å²) in [6.45, 7) is 4.30. The third kappa shape index (κ3) is 4.21. The summed E-state index contributed by atoms with van der Waals surface area (Å²) in [5.41, 5.74) is 2.39. The highest BCUT2D eigenvalue weighted by Crippen LogP contribution is 2.32. The van der Waals surface area contributed by atoms with E-state index in [0.29, 0.717) is 40.0 Å². The highest BCUT2D eigenvalue weighted by Gasteiger charge is 2.33. The molecule has 3 aromatic rings. The van der Waals surface area contributed by atoms with Crippen molar-refractivity contribution in [2.45, 2.75) is 33.0 Å². The van der Waals surface area contributed by atoms with Crippen molar-refractivity contribution in [2.24, 2.45) is 0 Å². The van der Waals surface area contributed by atoms with E-state index in [1.54, 1.807) is 28.3 Å².